The monoisotopic (exact) mass is 273 g/mol. The molecular weight excluding hydrogens is 257 g/mol. The lowest BCUT2D eigenvalue weighted by molar-refractivity contribution is 0.276. The van der Waals surface area contributed by atoms with Crippen LogP contribution < -0.4 is 10.6 Å². The smallest absolute Gasteiger partial charge is 0.0619 e. The van der Waals surface area contributed by atoms with E-state index in [4.69, 9.17) is 28.9 Å². The molecule has 1 atom stereocenters. The van der Waals surface area contributed by atoms with Crippen molar-refractivity contribution in [1.29, 1.82) is 0 Å². The van der Waals surface area contributed by atoms with Crippen LogP contribution in [0, 0.1) is 0 Å². The molecule has 0 bridgehead atoms. The molecule has 94 valence electrons. The first-order valence-electron chi connectivity index (χ1n) is 5.68. The standard InChI is InChI=1S/C12H17Cl2N3/c1-8-7-16(2)3-4-17(8)12-6-10(14)9(13)5-11(12)15/h5-6,8H,3-4,7,15H2,1-2H3. The van der Waals surface area contributed by atoms with Gasteiger partial charge in [-0.05, 0) is 26.1 Å². The predicted octanol–water partition coefficient (Wildman–Crippen LogP) is 2.72. The Hall–Kier alpha value is -0.640. The van der Waals surface area contributed by atoms with Gasteiger partial charge in [-0.25, -0.2) is 0 Å². The summed E-state index contributed by atoms with van der Waals surface area (Å²) < 4.78 is 0. The Morgan fingerprint density at radius 3 is 2.53 bits per heavy atom. The molecule has 1 unspecified atom stereocenters. The fraction of sp³-hybridized carbons (Fsp3) is 0.500. The van der Waals surface area contributed by atoms with Gasteiger partial charge in [0, 0.05) is 25.7 Å². The van der Waals surface area contributed by atoms with E-state index in [0.29, 0.717) is 21.8 Å². The van der Waals surface area contributed by atoms with Gasteiger partial charge in [-0.1, -0.05) is 23.2 Å². The Morgan fingerprint density at radius 2 is 1.88 bits per heavy atom. The third-order valence-corrected chi connectivity index (χ3v) is 3.93. The normalized spacial score (nSPS) is 21.9. The van der Waals surface area contributed by atoms with Gasteiger partial charge >= 0.3 is 0 Å². The third kappa shape index (κ3) is 2.62. The third-order valence-electron chi connectivity index (χ3n) is 3.21. The molecule has 17 heavy (non-hydrogen) atoms. The van der Waals surface area contributed by atoms with Crippen LogP contribution in [0.4, 0.5) is 11.4 Å². The van der Waals surface area contributed by atoms with E-state index in [2.05, 4.69) is 23.8 Å². The number of piperazine rings is 1. The number of hydrogen-bond acceptors (Lipinski definition) is 3. The quantitative estimate of drug-likeness (QED) is 0.799. The summed E-state index contributed by atoms with van der Waals surface area (Å²) in [7, 11) is 2.13. The summed E-state index contributed by atoms with van der Waals surface area (Å²) >= 11 is 12.0. The first-order chi connectivity index (χ1) is 7.99. The number of hydrogen-bond donors (Lipinski definition) is 1. The average Bonchev–Trinajstić information content (AvgIpc) is 2.24. The molecule has 0 spiro atoms. The number of nitrogens with two attached hydrogens (primary N) is 1. The molecule has 2 N–H and O–H groups in total. The summed E-state index contributed by atoms with van der Waals surface area (Å²) in [6, 6.07) is 4.01. The van der Waals surface area contributed by atoms with Crippen LogP contribution in [-0.2, 0) is 0 Å². The lowest BCUT2D eigenvalue weighted by Gasteiger charge is -2.40. The maximum absolute atomic E-state index is 6.06. The van der Waals surface area contributed by atoms with Crippen molar-refractivity contribution in [1.82, 2.24) is 4.90 Å². The van der Waals surface area contributed by atoms with E-state index in [1.807, 2.05) is 6.07 Å². The predicted molar refractivity (Wildman–Crippen MR) is 75.2 cm³/mol. The lowest BCUT2D eigenvalue weighted by Crippen LogP contribution is -2.50. The molecule has 1 saturated heterocycles. The van der Waals surface area contributed by atoms with E-state index < -0.39 is 0 Å². The number of benzene rings is 1. The molecule has 0 amide bonds. The summed E-state index contributed by atoms with van der Waals surface area (Å²) in [5.74, 6) is 0. The molecule has 0 aromatic heterocycles. The zero-order valence-corrected chi connectivity index (χ0v) is 11.6. The van der Waals surface area contributed by atoms with Crippen molar-refractivity contribution in [3.8, 4) is 0 Å². The van der Waals surface area contributed by atoms with Crippen LogP contribution in [0.5, 0.6) is 0 Å². The second kappa shape index (κ2) is 4.92. The number of rotatable bonds is 1. The molecule has 3 nitrogen and oxygen atoms in total. The van der Waals surface area contributed by atoms with Crippen LogP contribution in [0.1, 0.15) is 6.92 Å². The van der Waals surface area contributed by atoms with Crippen LogP contribution in [0.25, 0.3) is 0 Å². The minimum absolute atomic E-state index is 0.424. The number of likely N-dealkylation sites (N-methyl/N-ethyl adjacent to an activating group) is 1. The maximum atomic E-state index is 6.06. The van der Waals surface area contributed by atoms with E-state index in [9.17, 15) is 0 Å². The highest BCUT2D eigenvalue weighted by molar-refractivity contribution is 6.42. The molecule has 1 aromatic carbocycles. The Bertz CT molecular complexity index is 422. The summed E-state index contributed by atoms with van der Waals surface area (Å²) in [6.45, 7) is 5.21. The average molecular weight is 274 g/mol. The van der Waals surface area contributed by atoms with Crippen LogP contribution in [0.3, 0.4) is 0 Å². The van der Waals surface area contributed by atoms with E-state index >= 15 is 0 Å². The second-order valence-electron chi connectivity index (χ2n) is 4.63. The summed E-state index contributed by atoms with van der Waals surface area (Å²) in [4.78, 5) is 4.60. The molecule has 5 heteroatoms. The van der Waals surface area contributed by atoms with Gasteiger partial charge in [0.1, 0.15) is 0 Å². The fourth-order valence-corrected chi connectivity index (χ4v) is 2.63. The van der Waals surface area contributed by atoms with Gasteiger partial charge in [0.05, 0.1) is 21.4 Å². The molecule has 1 fully saturated rings. The SMILES string of the molecule is CC1CN(C)CCN1c1cc(Cl)c(Cl)cc1N. The highest BCUT2D eigenvalue weighted by Crippen LogP contribution is 2.34. The molecule has 1 aliphatic rings. The Kier molecular flexibility index (Phi) is 3.71. The first-order valence-corrected chi connectivity index (χ1v) is 6.44. The lowest BCUT2D eigenvalue weighted by atomic mass is 10.1. The minimum atomic E-state index is 0.424. The Morgan fingerprint density at radius 1 is 1.24 bits per heavy atom. The molecule has 0 saturated carbocycles. The number of nitrogens with zero attached hydrogens (tertiary/aromatic N) is 2. The van der Waals surface area contributed by atoms with Gasteiger partial charge in [-0.3, -0.25) is 0 Å². The summed E-state index contributed by atoms with van der Waals surface area (Å²) in [5.41, 5.74) is 7.70. The van der Waals surface area contributed by atoms with Gasteiger partial charge in [0.25, 0.3) is 0 Å². The molecule has 0 radical (unpaired) electrons. The number of anilines is 2. The summed E-state index contributed by atoms with van der Waals surface area (Å²) in [5, 5.41) is 1.07. The summed E-state index contributed by atoms with van der Waals surface area (Å²) in [6.07, 6.45) is 0. The number of nitrogen functional groups attached to an aromatic ring is 1. The molecule has 1 aromatic rings. The zero-order valence-electron chi connectivity index (χ0n) is 10.1. The minimum Gasteiger partial charge on any atom is -0.397 e. The van der Waals surface area contributed by atoms with Gasteiger partial charge in [0.15, 0.2) is 0 Å². The maximum Gasteiger partial charge on any atom is 0.0619 e. The van der Waals surface area contributed by atoms with E-state index in [-0.39, 0.29) is 0 Å². The van der Waals surface area contributed by atoms with Gasteiger partial charge in [-0.15, -0.1) is 0 Å². The highest BCUT2D eigenvalue weighted by Gasteiger charge is 2.23. The van der Waals surface area contributed by atoms with Crippen LogP contribution >= 0.6 is 23.2 Å². The largest absolute Gasteiger partial charge is 0.397 e. The zero-order chi connectivity index (χ0) is 12.6. The second-order valence-corrected chi connectivity index (χ2v) is 5.44. The van der Waals surface area contributed by atoms with Crippen molar-refractivity contribution in [3.63, 3.8) is 0 Å². The van der Waals surface area contributed by atoms with Crippen LogP contribution in [-0.4, -0.2) is 37.6 Å². The Balaban J connectivity index is 2.31. The number of halogens is 2. The van der Waals surface area contributed by atoms with Crippen LogP contribution in [0.15, 0.2) is 12.1 Å². The topological polar surface area (TPSA) is 32.5 Å². The Labute approximate surface area is 112 Å². The van der Waals surface area contributed by atoms with E-state index in [0.717, 1.165) is 25.3 Å². The van der Waals surface area contributed by atoms with Gasteiger partial charge in [-0.2, -0.15) is 0 Å². The van der Waals surface area contributed by atoms with Crippen molar-refractivity contribution in [2.45, 2.75) is 13.0 Å². The molecule has 1 aliphatic heterocycles. The highest BCUT2D eigenvalue weighted by atomic mass is 35.5. The van der Waals surface area contributed by atoms with Crippen molar-refractivity contribution < 1.29 is 0 Å². The first kappa shape index (κ1) is 12.8. The van der Waals surface area contributed by atoms with Crippen molar-refractivity contribution in [2.75, 3.05) is 37.3 Å². The van der Waals surface area contributed by atoms with Gasteiger partial charge < -0.3 is 15.5 Å². The van der Waals surface area contributed by atoms with Crippen LogP contribution in [0.2, 0.25) is 10.0 Å². The van der Waals surface area contributed by atoms with Crippen molar-refractivity contribution in [3.05, 3.63) is 22.2 Å². The van der Waals surface area contributed by atoms with Gasteiger partial charge in [0.2, 0.25) is 0 Å². The van der Waals surface area contributed by atoms with E-state index in [1.54, 1.807) is 6.07 Å². The molecule has 0 aliphatic carbocycles. The van der Waals surface area contributed by atoms with E-state index in [1.165, 1.54) is 0 Å². The fourth-order valence-electron chi connectivity index (χ4n) is 2.30. The molecular formula is C12H17Cl2N3. The van der Waals surface area contributed by atoms with Crippen molar-refractivity contribution in [2.24, 2.45) is 0 Å². The van der Waals surface area contributed by atoms with Crippen molar-refractivity contribution >= 4 is 34.6 Å². The molecule has 2 rings (SSSR count). The molecule has 1 heterocycles.